The SMILES string of the molecule is Cc1csc(CCCCNC(=O)CN2C(=O)c3ccccc3N3C(=O)CCC23C)n1. The van der Waals surface area contributed by atoms with Gasteiger partial charge in [0.1, 0.15) is 12.2 Å². The number of hydrogen-bond acceptors (Lipinski definition) is 5. The number of anilines is 1. The molecule has 1 N–H and O–H groups in total. The number of carbonyl (C=O) groups is 3. The van der Waals surface area contributed by atoms with Crippen molar-refractivity contribution in [3.05, 3.63) is 45.9 Å². The number of aromatic nitrogens is 1. The van der Waals surface area contributed by atoms with Gasteiger partial charge in [0.05, 0.1) is 16.3 Å². The third kappa shape index (κ3) is 3.71. The molecule has 158 valence electrons. The van der Waals surface area contributed by atoms with E-state index in [1.54, 1.807) is 39.3 Å². The molecule has 1 fully saturated rings. The molecule has 2 aromatic rings. The number of nitrogens with zero attached hydrogens (tertiary/aromatic N) is 3. The minimum absolute atomic E-state index is 0.0136. The summed E-state index contributed by atoms with van der Waals surface area (Å²) in [6.45, 7) is 4.36. The molecule has 7 nitrogen and oxygen atoms in total. The van der Waals surface area contributed by atoms with Crippen LogP contribution in [0.15, 0.2) is 29.6 Å². The fraction of sp³-hybridized carbons (Fsp3) is 0.455. The Balaban J connectivity index is 1.37. The van der Waals surface area contributed by atoms with Gasteiger partial charge < -0.3 is 10.2 Å². The van der Waals surface area contributed by atoms with E-state index in [-0.39, 0.29) is 24.3 Å². The van der Waals surface area contributed by atoms with Gasteiger partial charge in [0.15, 0.2) is 0 Å². The first-order valence-electron chi connectivity index (χ1n) is 10.3. The lowest BCUT2D eigenvalue weighted by Crippen LogP contribution is -2.63. The van der Waals surface area contributed by atoms with Crippen LogP contribution in [-0.2, 0) is 16.0 Å². The number of benzene rings is 1. The zero-order chi connectivity index (χ0) is 21.3. The standard InChI is InChI=1S/C22H26N4O3S/c1-15-14-30-19(24-15)9-5-6-12-23-18(27)13-25-21(29)16-7-3-4-8-17(16)26-20(28)10-11-22(25,26)2/h3-4,7-8,14H,5-6,9-13H2,1-2H3,(H,23,27). The second-order valence-corrected chi connectivity index (χ2v) is 8.99. The Morgan fingerprint density at radius 2 is 2.07 bits per heavy atom. The van der Waals surface area contributed by atoms with Crippen LogP contribution in [0.25, 0.3) is 0 Å². The molecule has 1 aromatic carbocycles. The van der Waals surface area contributed by atoms with Crippen molar-refractivity contribution in [2.75, 3.05) is 18.0 Å². The molecule has 0 radical (unpaired) electrons. The van der Waals surface area contributed by atoms with Gasteiger partial charge in [-0.2, -0.15) is 0 Å². The van der Waals surface area contributed by atoms with Crippen LogP contribution in [-0.4, -0.2) is 46.4 Å². The van der Waals surface area contributed by atoms with E-state index in [4.69, 9.17) is 0 Å². The van der Waals surface area contributed by atoms with E-state index in [2.05, 4.69) is 10.3 Å². The fourth-order valence-corrected chi connectivity index (χ4v) is 5.11. The van der Waals surface area contributed by atoms with Crippen LogP contribution in [0, 0.1) is 6.92 Å². The van der Waals surface area contributed by atoms with E-state index in [1.807, 2.05) is 25.3 Å². The lowest BCUT2D eigenvalue weighted by molar-refractivity contribution is -0.124. The first kappa shape index (κ1) is 20.5. The molecule has 0 aliphatic carbocycles. The zero-order valence-electron chi connectivity index (χ0n) is 17.3. The van der Waals surface area contributed by atoms with E-state index in [9.17, 15) is 14.4 Å². The van der Waals surface area contributed by atoms with Crippen molar-refractivity contribution < 1.29 is 14.4 Å². The summed E-state index contributed by atoms with van der Waals surface area (Å²) in [7, 11) is 0. The second kappa shape index (κ2) is 8.18. The topological polar surface area (TPSA) is 82.6 Å². The predicted octanol–water partition coefficient (Wildman–Crippen LogP) is 2.89. The number of rotatable bonds is 7. The Bertz CT molecular complexity index is 988. The molecule has 8 heteroatoms. The Morgan fingerprint density at radius 1 is 1.27 bits per heavy atom. The van der Waals surface area contributed by atoms with Crippen molar-refractivity contribution in [1.29, 1.82) is 0 Å². The molecule has 0 saturated carbocycles. The summed E-state index contributed by atoms with van der Waals surface area (Å²) >= 11 is 1.67. The number of fused-ring (bicyclic) bond motifs is 3. The summed E-state index contributed by atoms with van der Waals surface area (Å²) in [5, 5.41) is 6.09. The summed E-state index contributed by atoms with van der Waals surface area (Å²) in [6.07, 6.45) is 3.59. The van der Waals surface area contributed by atoms with Gasteiger partial charge in [-0.3, -0.25) is 19.3 Å². The molecule has 1 unspecified atom stereocenters. The zero-order valence-corrected chi connectivity index (χ0v) is 18.1. The van der Waals surface area contributed by atoms with E-state index < -0.39 is 5.66 Å². The molecule has 30 heavy (non-hydrogen) atoms. The van der Waals surface area contributed by atoms with Crippen LogP contribution in [0.2, 0.25) is 0 Å². The molecule has 3 amide bonds. The predicted molar refractivity (Wildman–Crippen MR) is 115 cm³/mol. The van der Waals surface area contributed by atoms with Crippen LogP contribution in [0.3, 0.4) is 0 Å². The third-order valence-electron chi connectivity index (χ3n) is 5.85. The number of carbonyl (C=O) groups excluding carboxylic acids is 3. The third-order valence-corrected chi connectivity index (χ3v) is 6.88. The largest absolute Gasteiger partial charge is 0.355 e. The van der Waals surface area contributed by atoms with E-state index in [1.165, 1.54) is 0 Å². The quantitative estimate of drug-likeness (QED) is 0.690. The minimum atomic E-state index is -0.803. The number of aryl methyl sites for hydroxylation is 2. The van der Waals surface area contributed by atoms with Crippen LogP contribution in [0.1, 0.15) is 53.7 Å². The monoisotopic (exact) mass is 426 g/mol. The summed E-state index contributed by atoms with van der Waals surface area (Å²) < 4.78 is 0. The molecular formula is C22H26N4O3S. The van der Waals surface area contributed by atoms with Gasteiger partial charge in [-0.15, -0.1) is 11.3 Å². The maximum Gasteiger partial charge on any atom is 0.258 e. The van der Waals surface area contributed by atoms with Crippen molar-refractivity contribution >= 4 is 34.7 Å². The van der Waals surface area contributed by atoms with Gasteiger partial charge in [0.2, 0.25) is 11.8 Å². The smallest absolute Gasteiger partial charge is 0.258 e. The highest BCUT2D eigenvalue weighted by Gasteiger charge is 2.53. The fourth-order valence-electron chi connectivity index (χ4n) is 4.29. The normalized spacial score (nSPS) is 20.3. The van der Waals surface area contributed by atoms with Gasteiger partial charge >= 0.3 is 0 Å². The van der Waals surface area contributed by atoms with Crippen LogP contribution in [0.5, 0.6) is 0 Å². The maximum absolute atomic E-state index is 13.1. The minimum Gasteiger partial charge on any atom is -0.355 e. The Morgan fingerprint density at radius 3 is 2.83 bits per heavy atom. The Labute approximate surface area is 180 Å². The average molecular weight is 427 g/mol. The molecular weight excluding hydrogens is 400 g/mol. The molecule has 2 aliphatic heterocycles. The number of amides is 3. The molecule has 3 heterocycles. The van der Waals surface area contributed by atoms with Gasteiger partial charge in [-0.25, -0.2) is 4.98 Å². The van der Waals surface area contributed by atoms with E-state index in [0.29, 0.717) is 30.6 Å². The van der Waals surface area contributed by atoms with E-state index in [0.717, 1.165) is 30.0 Å². The molecule has 1 saturated heterocycles. The molecule has 0 bridgehead atoms. The molecule has 1 atom stereocenters. The lowest BCUT2D eigenvalue weighted by atomic mass is 9.98. The van der Waals surface area contributed by atoms with Crippen LogP contribution < -0.4 is 10.2 Å². The first-order valence-corrected chi connectivity index (χ1v) is 11.2. The van der Waals surface area contributed by atoms with Crippen LogP contribution >= 0.6 is 11.3 Å². The van der Waals surface area contributed by atoms with Crippen molar-refractivity contribution in [3.63, 3.8) is 0 Å². The van der Waals surface area contributed by atoms with Gasteiger partial charge in [0.25, 0.3) is 5.91 Å². The highest BCUT2D eigenvalue weighted by Crippen LogP contribution is 2.43. The Hall–Kier alpha value is -2.74. The number of unbranched alkanes of at least 4 members (excludes halogenated alkanes) is 1. The van der Waals surface area contributed by atoms with Crippen molar-refractivity contribution in [2.45, 2.75) is 51.6 Å². The van der Waals surface area contributed by atoms with Gasteiger partial charge in [0, 0.05) is 24.0 Å². The number of thiazole rings is 1. The molecule has 2 aliphatic rings. The maximum atomic E-state index is 13.1. The Kier molecular flexibility index (Phi) is 5.60. The summed E-state index contributed by atoms with van der Waals surface area (Å²) in [5.74, 6) is -0.415. The highest BCUT2D eigenvalue weighted by atomic mass is 32.1. The van der Waals surface area contributed by atoms with Gasteiger partial charge in [-0.1, -0.05) is 12.1 Å². The lowest BCUT2D eigenvalue weighted by Gasteiger charge is -2.48. The van der Waals surface area contributed by atoms with Crippen molar-refractivity contribution in [1.82, 2.24) is 15.2 Å². The van der Waals surface area contributed by atoms with Crippen molar-refractivity contribution in [2.24, 2.45) is 0 Å². The molecule has 1 aromatic heterocycles. The number of hydrogen-bond donors (Lipinski definition) is 1. The molecule has 0 spiro atoms. The second-order valence-electron chi connectivity index (χ2n) is 8.04. The number of para-hydroxylation sites is 1. The van der Waals surface area contributed by atoms with Crippen molar-refractivity contribution in [3.8, 4) is 0 Å². The van der Waals surface area contributed by atoms with Gasteiger partial charge in [-0.05, 0) is 51.7 Å². The summed E-state index contributed by atoms with van der Waals surface area (Å²) in [6, 6.07) is 7.12. The first-order chi connectivity index (χ1) is 14.4. The highest BCUT2D eigenvalue weighted by molar-refractivity contribution is 7.09. The van der Waals surface area contributed by atoms with E-state index >= 15 is 0 Å². The summed E-state index contributed by atoms with van der Waals surface area (Å²) in [5.41, 5.74) is 1.35. The number of nitrogens with one attached hydrogen (secondary N) is 1. The average Bonchev–Trinajstić information content (AvgIpc) is 3.28. The van der Waals surface area contributed by atoms with Crippen LogP contribution in [0.4, 0.5) is 5.69 Å². The summed E-state index contributed by atoms with van der Waals surface area (Å²) in [4.78, 5) is 46.0. The molecule has 4 rings (SSSR count).